The maximum absolute atomic E-state index is 5.33. The highest BCUT2D eigenvalue weighted by Crippen LogP contribution is 2.14. The molecule has 6 heteroatoms. The van der Waals surface area contributed by atoms with Gasteiger partial charge in [0, 0.05) is 45.0 Å². The van der Waals surface area contributed by atoms with Gasteiger partial charge in [-0.15, -0.1) is 11.3 Å². The summed E-state index contributed by atoms with van der Waals surface area (Å²) in [5, 5.41) is 2.04. The fourth-order valence-corrected chi connectivity index (χ4v) is 3.77. The van der Waals surface area contributed by atoms with Crippen LogP contribution in [0, 0.1) is 0 Å². The average molecular weight is 273 g/mol. The molecule has 0 amide bonds. The molecule has 0 saturated carbocycles. The zero-order chi connectivity index (χ0) is 12.6. The van der Waals surface area contributed by atoms with E-state index in [0.29, 0.717) is 0 Å². The van der Waals surface area contributed by atoms with Crippen molar-refractivity contribution in [2.75, 3.05) is 27.9 Å². The van der Waals surface area contributed by atoms with Gasteiger partial charge in [-0.05, 0) is 17.9 Å². The molecule has 1 aromatic rings. The minimum absolute atomic E-state index is 0.767. The van der Waals surface area contributed by atoms with Crippen LogP contribution in [0.25, 0.3) is 0 Å². The third kappa shape index (κ3) is 4.69. The summed E-state index contributed by atoms with van der Waals surface area (Å²) < 4.78 is 16.0. The molecule has 0 spiro atoms. The van der Waals surface area contributed by atoms with Gasteiger partial charge in [-0.2, -0.15) is 0 Å². The highest BCUT2D eigenvalue weighted by Gasteiger charge is 2.36. The molecule has 0 radical (unpaired) electrons. The Morgan fingerprint density at radius 3 is 2.53 bits per heavy atom. The minimum atomic E-state index is -2.40. The largest absolute Gasteiger partial charge is 0.500 e. The van der Waals surface area contributed by atoms with Gasteiger partial charge >= 0.3 is 8.80 Å². The molecule has 0 bridgehead atoms. The summed E-state index contributed by atoms with van der Waals surface area (Å²) in [6.45, 7) is 0.767. The predicted molar refractivity (Wildman–Crippen MR) is 73.0 cm³/mol. The Morgan fingerprint density at radius 2 is 2.00 bits per heavy atom. The Labute approximate surface area is 108 Å². The van der Waals surface area contributed by atoms with Crippen LogP contribution in [-0.4, -0.2) is 42.9 Å². The number of hydrogen-bond donors (Lipinski definition) is 0. The molecule has 96 valence electrons. The molecule has 0 saturated heterocycles. The highest BCUT2D eigenvalue weighted by molar-refractivity contribution is 7.11. The fraction of sp³-hybridized carbons (Fsp3) is 0.545. The maximum atomic E-state index is 5.33. The van der Waals surface area contributed by atoms with Crippen molar-refractivity contribution >= 4 is 26.4 Å². The molecular formula is C11H19NO3SSi. The number of rotatable bonds is 8. The third-order valence-electron chi connectivity index (χ3n) is 2.46. The number of hydrogen-bond acceptors (Lipinski definition) is 5. The zero-order valence-electron chi connectivity index (χ0n) is 10.5. The van der Waals surface area contributed by atoms with E-state index in [1.807, 2.05) is 23.7 Å². The van der Waals surface area contributed by atoms with Crippen molar-refractivity contribution in [3.63, 3.8) is 0 Å². The van der Waals surface area contributed by atoms with Gasteiger partial charge in [0.05, 0.1) is 0 Å². The summed E-state index contributed by atoms with van der Waals surface area (Å²) in [7, 11) is 2.49. The second-order valence-electron chi connectivity index (χ2n) is 3.45. The second kappa shape index (κ2) is 7.73. The molecular weight excluding hydrogens is 254 g/mol. The molecule has 0 aliphatic carbocycles. The van der Waals surface area contributed by atoms with Crippen molar-refractivity contribution in [2.45, 2.75) is 12.5 Å². The van der Waals surface area contributed by atoms with Gasteiger partial charge in [0.15, 0.2) is 0 Å². The van der Waals surface area contributed by atoms with Crippen molar-refractivity contribution in [1.29, 1.82) is 0 Å². The lowest BCUT2D eigenvalue weighted by Gasteiger charge is -2.23. The summed E-state index contributed by atoms with van der Waals surface area (Å²) in [6.07, 6.45) is 2.81. The first-order valence-corrected chi connectivity index (χ1v) is 8.26. The van der Waals surface area contributed by atoms with Crippen LogP contribution in [0.4, 0.5) is 0 Å². The number of nitrogens with zero attached hydrogens (tertiary/aromatic N) is 1. The van der Waals surface area contributed by atoms with Gasteiger partial charge in [-0.3, -0.25) is 4.99 Å². The molecule has 1 aromatic heterocycles. The van der Waals surface area contributed by atoms with Crippen molar-refractivity contribution < 1.29 is 13.3 Å². The van der Waals surface area contributed by atoms with E-state index < -0.39 is 8.80 Å². The molecule has 0 aromatic carbocycles. The average Bonchev–Trinajstić information content (AvgIpc) is 2.88. The number of thiophene rings is 1. The van der Waals surface area contributed by atoms with Gasteiger partial charge in [-0.1, -0.05) is 6.07 Å². The first-order valence-electron chi connectivity index (χ1n) is 5.45. The van der Waals surface area contributed by atoms with E-state index in [1.54, 1.807) is 32.7 Å². The predicted octanol–water partition coefficient (Wildman–Crippen LogP) is 2.44. The molecule has 0 N–H and O–H groups in total. The summed E-state index contributed by atoms with van der Waals surface area (Å²) >= 11 is 1.69. The van der Waals surface area contributed by atoms with Crippen LogP contribution in [0.15, 0.2) is 22.5 Å². The van der Waals surface area contributed by atoms with E-state index in [4.69, 9.17) is 13.3 Å². The SMILES string of the molecule is CO[Si](CCCN=Cc1cccs1)(OC)OC. The van der Waals surface area contributed by atoms with Gasteiger partial charge in [0.1, 0.15) is 0 Å². The Morgan fingerprint density at radius 1 is 1.29 bits per heavy atom. The molecule has 4 nitrogen and oxygen atoms in total. The van der Waals surface area contributed by atoms with Crippen molar-refractivity contribution in [3.05, 3.63) is 22.4 Å². The lowest BCUT2D eigenvalue weighted by molar-refractivity contribution is 0.123. The van der Waals surface area contributed by atoms with E-state index >= 15 is 0 Å². The monoisotopic (exact) mass is 273 g/mol. The van der Waals surface area contributed by atoms with E-state index in [-0.39, 0.29) is 0 Å². The highest BCUT2D eigenvalue weighted by atomic mass is 32.1. The van der Waals surface area contributed by atoms with Crippen LogP contribution in [-0.2, 0) is 13.3 Å². The molecule has 0 atom stereocenters. The van der Waals surface area contributed by atoms with Crippen LogP contribution < -0.4 is 0 Å². The first kappa shape index (κ1) is 14.5. The Bertz CT molecular complexity index is 317. The third-order valence-corrected chi connectivity index (χ3v) is 6.10. The van der Waals surface area contributed by atoms with E-state index in [0.717, 1.165) is 19.0 Å². The van der Waals surface area contributed by atoms with Crippen LogP contribution in [0.3, 0.4) is 0 Å². The second-order valence-corrected chi connectivity index (χ2v) is 7.52. The van der Waals surface area contributed by atoms with Crippen molar-refractivity contribution in [2.24, 2.45) is 4.99 Å². The normalized spacial score (nSPS) is 12.4. The Kier molecular flexibility index (Phi) is 6.60. The fourth-order valence-electron chi connectivity index (χ4n) is 1.46. The van der Waals surface area contributed by atoms with Gasteiger partial charge < -0.3 is 13.3 Å². The lowest BCUT2D eigenvalue weighted by Crippen LogP contribution is -2.42. The molecule has 17 heavy (non-hydrogen) atoms. The molecule has 0 aliphatic heterocycles. The number of aliphatic imine (C=N–C) groups is 1. The molecule has 1 rings (SSSR count). The molecule has 0 fully saturated rings. The maximum Gasteiger partial charge on any atom is 0.500 e. The summed E-state index contributed by atoms with van der Waals surface area (Å²) in [4.78, 5) is 5.54. The first-order chi connectivity index (χ1) is 8.26. The smallest absolute Gasteiger partial charge is 0.377 e. The standard InChI is InChI=1S/C11H19NO3SSi/c1-13-17(14-2,15-3)9-5-7-12-10-11-6-4-8-16-11/h4,6,8,10H,5,7,9H2,1-3H3. The van der Waals surface area contributed by atoms with Crippen molar-refractivity contribution in [1.82, 2.24) is 0 Å². The van der Waals surface area contributed by atoms with Crippen LogP contribution in [0.5, 0.6) is 0 Å². The quantitative estimate of drug-likeness (QED) is 0.415. The molecule has 1 heterocycles. The van der Waals surface area contributed by atoms with E-state index in [1.165, 1.54) is 4.88 Å². The Balaban J connectivity index is 2.27. The van der Waals surface area contributed by atoms with Crippen molar-refractivity contribution in [3.8, 4) is 0 Å². The van der Waals surface area contributed by atoms with E-state index in [2.05, 4.69) is 4.99 Å². The van der Waals surface area contributed by atoms with Crippen LogP contribution in [0.2, 0.25) is 6.04 Å². The summed E-state index contributed by atoms with van der Waals surface area (Å²) in [5.41, 5.74) is 0. The minimum Gasteiger partial charge on any atom is -0.377 e. The lowest BCUT2D eigenvalue weighted by atomic mass is 10.5. The van der Waals surface area contributed by atoms with Crippen LogP contribution >= 0.6 is 11.3 Å². The zero-order valence-corrected chi connectivity index (χ0v) is 12.3. The van der Waals surface area contributed by atoms with Crippen LogP contribution in [0.1, 0.15) is 11.3 Å². The van der Waals surface area contributed by atoms with E-state index in [9.17, 15) is 0 Å². The van der Waals surface area contributed by atoms with Gasteiger partial charge in [-0.25, -0.2) is 0 Å². The topological polar surface area (TPSA) is 40.0 Å². The summed E-state index contributed by atoms with van der Waals surface area (Å²) in [6, 6.07) is 4.86. The Hall–Kier alpha value is -0.533. The van der Waals surface area contributed by atoms with Gasteiger partial charge in [0.25, 0.3) is 0 Å². The molecule has 0 unspecified atom stereocenters. The molecule has 0 aliphatic rings. The van der Waals surface area contributed by atoms with Gasteiger partial charge in [0.2, 0.25) is 0 Å². The summed E-state index contributed by atoms with van der Waals surface area (Å²) in [5.74, 6) is 0.